The lowest BCUT2D eigenvalue weighted by Gasteiger charge is -2.39. The number of hydrogen-bond donors (Lipinski definition) is 2. The maximum atomic E-state index is 12.7. The van der Waals surface area contributed by atoms with Crippen LogP contribution in [-0.4, -0.2) is 35.5 Å². The zero-order valence-electron chi connectivity index (χ0n) is 11.6. The van der Waals surface area contributed by atoms with Gasteiger partial charge >= 0.3 is 0 Å². The molecule has 0 aliphatic carbocycles. The van der Waals surface area contributed by atoms with Gasteiger partial charge in [-0.3, -0.25) is 5.10 Å². The molecule has 7 heteroatoms. The van der Waals surface area contributed by atoms with E-state index in [9.17, 15) is 8.42 Å². The summed E-state index contributed by atoms with van der Waals surface area (Å²) in [6, 6.07) is -0.00451. The molecule has 19 heavy (non-hydrogen) atoms. The minimum absolute atomic E-state index is 0.00451. The highest BCUT2D eigenvalue weighted by molar-refractivity contribution is 7.89. The molecule has 1 saturated heterocycles. The van der Waals surface area contributed by atoms with E-state index in [0.29, 0.717) is 23.9 Å². The predicted molar refractivity (Wildman–Crippen MR) is 72.8 cm³/mol. The molecule has 1 aliphatic heterocycles. The van der Waals surface area contributed by atoms with E-state index >= 15 is 0 Å². The molecule has 1 aromatic heterocycles. The maximum Gasteiger partial charge on any atom is 0.260 e. The molecule has 0 saturated carbocycles. The van der Waals surface area contributed by atoms with Crippen LogP contribution >= 0.6 is 0 Å². The Bertz CT molecular complexity index is 540. The van der Waals surface area contributed by atoms with Crippen LogP contribution in [0.4, 0.5) is 0 Å². The Hall–Kier alpha value is -0.920. The minimum Gasteiger partial charge on any atom is -0.326 e. The first-order valence-electron chi connectivity index (χ1n) is 6.62. The Morgan fingerprint density at radius 1 is 1.47 bits per heavy atom. The number of nitrogens with zero attached hydrogens (tertiary/aromatic N) is 2. The molecule has 0 radical (unpaired) electrons. The van der Waals surface area contributed by atoms with Crippen LogP contribution in [0.1, 0.15) is 32.8 Å². The number of aromatic nitrogens is 2. The molecule has 3 N–H and O–H groups in total. The molecular formula is C12H22N4O2S. The average Bonchev–Trinajstić information content (AvgIpc) is 2.82. The van der Waals surface area contributed by atoms with Gasteiger partial charge in [0.1, 0.15) is 0 Å². The monoisotopic (exact) mass is 286 g/mol. The second kappa shape index (κ2) is 5.22. The summed E-state index contributed by atoms with van der Waals surface area (Å²) in [5.41, 5.74) is 6.11. The number of hydrogen-bond acceptors (Lipinski definition) is 4. The smallest absolute Gasteiger partial charge is 0.260 e. The predicted octanol–water partition coefficient (Wildman–Crippen LogP) is 0.924. The van der Waals surface area contributed by atoms with Crippen LogP contribution in [0, 0.1) is 11.8 Å². The van der Waals surface area contributed by atoms with E-state index in [1.165, 1.54) is 6.20 Å². The van der Waals surface area contributed by atoms with E-state index in [4.69, 9.17) is 5.73 Å². The van der Waals surface area contributed by atoms with Crippen molar-refractivity contribution in [1.82, 2.24) is 14.5 Å². The summed E-state index contributed by atoms with van der Waals surface area (Å²) in [6.07, 6.45) is 2.54. The van der Waals surface area contributed by atoms with Gasteiger partial charge in [0.05, 0.1) is 6.20 Å². The Balaban J connectivity index is 2.38. The summed E-state index contributed by atoms with van der Waals surface area (Å²) in [4.78, 5) is 0. The fourth-order valence-electron chi connectivity index (χ4n) is 2.77. The fraction of sp³-hybridized carbons (Fsp3) is 0.750. The Morgan fingerprint density at radius 2 is 2.16 bits per heavy atom. The first-order chi connectivity index (χ1) is 8.87. The molecule has 0 bridgehead atoms. The largest absolute Gasteiger partial charge is 0.326 e. The summed E-state index contributed by atoms with van der Waals surface area (Å²) in [7, 11) is -3.54. The van der Waals surface area contributed by atoms with Gasteiger partial charge in [-0.1, -0.05) is 13.8 Å². The molecule has 3 unspecified atom stereocenters. The van der Waals surface area contributed by atoms with E-state index in [-0.39, 0.29) is 17.6 Å². The van der Waals surface area contributed by atoms with Crippen molar-refractivity contribution < 1.29 is 8.42 Å². The van der Waals surface area contributed by atoms with Gasteiger partial charge in [0, 0.05) is 24.7 Å². The lowest BCUT2D eigenvalue weighted by atomic mass is 9.88. The van der Waals surface area contributed by atoms with Gasteiger partial charge in [-0.15, -0.1) is 0 Å². The highest BCUT2D eigenvalue weighted by Crippen LogP contribution is 2.31. The topological polar surface area (TPSA) is 92.1 Å². The Labute approximate surface area is 114 Å². The summed E-state index contributed by atoms with van der Waals surface area (Å²) < 4.78 is 27.0. The number of nitrogens with two attached hydrogens (primary N) is 1. The number of sulfonamides is 1. The van der Waals surface area contributed by atoms with Gasteiger partial charge < -0.3 is 5.73 Å². The number of nitrogens with one attached hydrogen (secondary N) is 1. The normalized spacial score (nSPS) is 29.6. The average molecular weight is 286 g/mol. The molecule has 1 fully saturated rings. The quantitative estimate of drug-likeness (QED) is 0.864. The third-order valence-corrected chi connectivity index (χ3v) is 5.98. The lowest BCUT2D eigenvalue weighted by Crippen LogP contribution is -2.49. The number of aromatic amines is 1. The molecular weight excluding hydrogens is 264 g/mol. The summed E-state index contributed by atoms with van der Waals surface area (Å²) >= 11 is 0. The molecule has 0 aromatic carbocycles. The van der Waals surface area contributed by atoms with Crippen LogP contribution in [0.25, 0.3) is 0 Å². The van der Waals surface area contributed by atoms with Crippen molar-refractivity contribution in [2.24, 2.45) is 17.6 Å². The van der Waals surface area contributed by atoms with E-state index in [1.807, 2.05) is 6.92 Å². The van der Waals surface area contributed by atoms with Crippen molar-refractivity contribution in [3.8, 4) is 0 Å². The van der Waals surface area contributed by atoms with E-state index in [0.717, 1.165) is 6.42 Å². The molecule has 2 heterocycles. The van der Waals surface area contributed by atoms with Crippen LogP contribution < -0.4 is 5.73 Å². The first-order valence-corrected chi connectivity index (χ1v) is 8.06. The molecule has 108 valence electrons. The summed E-state index contributed by atoms with van der Waals surface area (Å²) in [6.45, 7) is 6.86. The zero-order valence-corrected chi connectivity index (χ0v) is 12.4. The van der Waals surface area contributed by atoms with Crippen molar-refractivity contribution in [1.29, 1.82) is 0 Å². The molecule has 0 spiro atoms. The second-order valence-corrected chi connectivity index (χ2v) is 7.39. The van der Waals surface area contributed by atoms with Crippen molar-refractivity contribution in [2.75, 3.05) is 6.54 Å². The summed E-state index contributed by atoms with van der Waals surface area (Å²) in [5.74, 6) is 0.716. The van der Waals surface area contributed by atoms with E-state index in [2.05, 4.69) is 24.0 Å². The van der Waals surface area contributed by atoms with E-state index < -0.39 is 10.0 Å². The number of rotatable bonds is 3. The van der Waals surface area contributed by atoms with Crippen molar-refractivity contribution in [3.63, 3.8) is 0 Å². The maximum absolute atomic E-state index is 12.7. The summed E-state index contributed by atoms with van der Waals surface area (Å²) in [5, 5.41) is 6.53. The van der Waals surface area contributed by atoms with Crippen molar-refractivity contribution in [2.45, 2.75) is 44.8 Å². The van der Waals surface area contributed by atoms with Gasteiger partial charge in [0.15, 0.2) is 5.03 Å². The van der Waals surface area contributed by atoms with Gasteiger partial charge in [-0.2, -0.15) is 9.40 Å². The van der Waals surface area contributed by atoms with E-state index in [1.54, 1.807) is 4.31 Å². The van der Waals surface area contributed by atoms with Gasteiger partial charge in [-0.05, 0) is 25.2 Å². The fourth-order valence-corrected chi connectivity index (χ4v) is 4.73. The highest BCUT2D eigenvalue weighted by atomic mass is 32.2. The lowest BCUT2D eigenvalue weighted by molar-refractivity contribution is 0.157. The second-order valence-electron chi connectivity index (χ2n) is 5.56. The molecule has 3 atom stereocenters. The Morgan fingerprint density at radius 3 is 2.79 bits per heavy atom. The Kier molecular flexibility index (Phi) is 3.98. The van der Waals surface area contributed by atoms with Crippen LogP contribution in [0.2, 0.25) is 0 Å². The molecule has 2 rings (SSSR count). The third kappa shape index (κ3) is 2.54. The molecule has 1 aromatic rings. The first kappa shape index (κ1) is 14.5. The molecule has 1 aliphatic rings. The van der Waals surface area contributed by atoms with Crippen LogP contribution in [0.3, 0.4) is 0 Å². The van der Waals surface area contributed by atoms with Crippen LogP contribution in [0.5, 0.6) is 0 Å². The van der Waals surface area contributed by atoms with Crippen LogP contribution in [-0.2, 0) is 16.6 Å². The number of H-pyrrole nitrogens is 1. The van der Waals surface area contributed by atoms with Crippen molar-refractivity contribution >= 4 is 10.0 Å². The highest BCUT2D eigenvalue weighted by Gasteiger charge is 2.38. The van der Waals surface area contributed by atoms with Gasteiger partial charge in [0.25, 0.3) is 10.0 Å². The van der Waals surface area contributed by atoms with Crippen LogP contribution in [0.15, 0.2) is 11.2 Å². The van der Waals surface area contributed by atoms with Gasteiger partial charge in [0.2, 0.25) is 0 Å². The third-order valence-electron chi connectivity index (χ3n) is 4.01. The van der Waals surface area contributed by atoms with Gasteiger partial charge in [-0.25, -0.2) is 8.42 Å². The van der Waals surface area contributed by atoms with Crippen molar-refractivity contribution in [3.05, 3.63) is 11.8 Å². The molecule has 0 amide bonds. The number of piperidine rings is 1. The minimum atomic E-state index is -3.54. The standard InChI is InChI=1S/C12H22N4O2S/c1-8-4-9(2)10(3)16(7-8)19(17,18)12-11(5-13)6-14-15-12/h6,8-10H,4-5,7,13H2,1-3H3,(H,14,15). The molecule has 6 nitrogen and oxygen atoms in total. The zero-order chi connectivity index (χ0) is 14.2. The SMILES string of the molecule is CC1CC(C)C(C)N(S(=O)(=O)c2[nH]ncc2CN)C1.